The summed E-state index contributed by atoms with van der Waals surface area (Å²) in [5.41, 5.74) is 1.80. The lowest BCUT2D eigenvalue weighted by Crippen LogP contribution is -2.37. The summed E-state index contributed by atoms with van der Waals surface area (Å²) >= 11 is 0. The molecule has 0 bridgehead atoms. The van der Waals surface area contributed by atoms with E-state index in [4.69, 9.17) is 0 Å². The van der Waals surface area contributed by atoms with Gasteiger partial charge < -0.3 is 5.32 Å². The quantitative estimate of drug-likeness (QED) is 0.917. The first-order chi connectivity index (χ1) is 11.9. The third-order valence-corrected chi connectivity index (χ3v) is 3.83. The van der Waals surface area contributed by atoms with Gasteiger partial charge in [-0.15, -0.1) is 0 Å². The van der Waals surface area contributed by atoms with E-state index in [1.807, 2.05) is 66.0 Å². The van der Waals surface area contributed by atoms with E-state index in [0.717, 1.165) is 11.3 Å². The lowest BCUT2D eigenvalue weighted by molar-refractivity contribution is -0.134. The standard InChI is InChI=1S/C18H16F3N3O/c19-18(20,21)12-22-17(25)15-11-16(13-7-3-1-4-8-13)24(23-15)14-9-5-2-6-10-14/h1-10,16H,11-12H2,(H,22,25)/t16-/m1/s1. The number of benzene rings is 2. The van der Waals surface area contributed by atoms with Gasteiger partial charge in [0.2, 0.25) is 0 Å². The largest absolute Gasteiger partial charge is 0.405 e. The van der Waals surface area contributed by atoms with E-state index in [2.05, 4.69) is 5.10 Å². The molecule has 0 saturated carbocycles. The van der Waals surface area contributed by atoms with E-state index >= 15 is 0 Å². The summed E-state index contributed by atoms with van der Waals surface area (Å²) in [4.78, 5) is 12.1. The Morgan fingerprint density at radius 2 is 1.68 bits per heavy atom. The van der Waals surface area contributed by atoms with Crippen LogP contribution in [0.25, 0.3) is 0 Å². The van der Waals surface area contributed by atoms with Crippen LogP contribution in [0.15, 0.2) is 65.8 Å². The second-order valence-electron chi connectivity index (χ2n) is 5.66. The van der Waals surface area contributed by atoms with Gasteiger partial charge in [-0.05, 0) is 17.7 Å². The van der Waals surface area contributed by atoms with Gasteiger partial charge in [-0.1, -0.05) is 48.5 Å². The van der Waals surface area contributed by atoms with Crippen LogP contribution in [0, 0.1) is 0 Å². The molecule has 2 aromatic carbocycles. The van der Waals surface area contributed by atoms with E-state index in [1.54, 1.807) is 5.01 Å². The number of alkyl halides is 3. The maximum absolute atomic E-state index is 12.3. The molecule has 1 aliphatic rings. The highest BCUT2D eigenvalue weighted by atomic mass is 19.4. The molecule has 1 aliphatic heterocycles. The van der Waals surface area contributed by atoms with Gasteiger partial charge in [0.1, 0.15) is 12.3 Å². The third kappa shape index (κ3) is 4.17. The van der Waals surface area contributed by atoms with Gasteiger partial charge in [0.25, 0.3) is 5.91 Å². The van der Waals surface area contributed by atoms with Gasteiger partial charge >= 0.3 is 6.18 Å². The Morgan fingerprint density at radius 1 is 1.08 bits per heavy atom. The van der Waals surface area contributed by atoms with Crippen LogP contribution in [0.5, 0.6) is 0 Å². The van der Waals surface area contributed by atoms with Crippen LogP contribution in [-0.4, -0.2) is 24.3 Å². The average Bonchev–Trinajstić information content (AvgIpc) is 3.06. The zero-order chi connectivity index (χ0) is 17.9. The fourth-order valence-corrected chi connectivity index (χ4v) is 2.68. The molecule has 130 valence electrons. The van der Waals surface area contributed by atoms with E-state index in [0.29, 0.717) is 0 Å². The van der Waals surface area contributed by atoms with Gasteiger partial charge in [-0.3, -0.25) is 9.80 Å². The summed E-state index contributed by atoms with van der Waals surface area (Å²) in [6.45, 7) is -1.37. The monoisotopic (exact) mass is 347 g/mol. The Bertz CT molecular complexity index is 760. The molecule has 25 heavy (non-hydrogen) atoms. The topological polar surface area (TPSA) is 44.7 Å². The van der Waals surface area contributed by atoms with Crippen molar-refractivity contribution in [3.05, 3.63) is 66.2 Å². The van der Waals surface area contributed by atoms with Crippen molar-refractivity contribution >= 4 is 17.3 Å². The van der Waals surface area contributed by atoms with Crippen LogP contribution in [0.1, 0.15) is 18.0 Å². The summed E-state index contributed by atoms with van der Waals surface area (Å²) in [5, 5.41) is 7.85. The smallest absolute Gasteiger partial charge is 0.342 e. The molecule has 4 nitrogen and oxygen atoms in total. The van der Waals surface area contributed by atoms with Crippen molar-refractivity contribution < 1.29 is 18.0 Å². The molecule has 0 fully saturated rings. The van der Waals surface area contributed by atoms with Crippen LogP contribution in [-0.2, 0) is 4.79 Å². The minimum absolute atomic E-state index is 0.0851. The maximum atomic E-state index is 12.3. The van der Waals surface area contributed by atoms with Crippen LogP contribution in [0.3, 0.4) is 0 Å². The van der Waals surface area contributed by atoms with Crippen molar-refractivity contribution in [2.75, 3.05) is 11.6 Å². The van der Waals surface area contributed by atoms with Crippen molar-refractivity contribution in [1.29, 1.82) is 0 Å². The molecule has 7 heteroatoms. The number of carbonyl (C=O) groups is 1. The molecule has 0 radical (unpaired) electrons. The number of rotatable bonds is 4. The molecule has 1 amide bonds. The number of halogens is 3. The van der Waals surface area contributed by atoms with Gasteiger partial charge in [0.15, 0.2) is 0 Å². The van der Waals surface area contributed by atoms with Crippen LogP contribution in [0.2, 0.25) is 0 Å². The molecule has 3 rings (SSSR count). The molecule has 1 heterocycles. The molecular formula is C18H16F3N3O. The summed E-state index contributed by atoms with van der Waals surface area (Å²) in [6, 6.07) is 18.4. The van der Waals surface area contributed by atoms with Crippen molar-refractivity contribution in [3.8, 4) is 0 Å². The molecule has 0 saturated heterocycles. The van der Waals surface area contributed by atoms with Crippen LogP contribution < -0.4 is 10.3 Å². The van der Waals surface area contributed by atoms with E-state index in [1.165, 1.54) is 0 Å². The van der Waals surface area contributed by atoms with Crippen LogP contribution >= 0.6 is 0 Å². The number of hydrogen-bond donors (Lipinski definition) is 1. The highest BCUT2D eigenvalue weighted by Gasteiger charge is 2.34. The number of hydrazone groups is 1. The number of carbonyl (C=O) groups excluding carboxylic acids is 1. The first-order valence-corrected chi connectivity index (χ1v) is 7.76. The Hall–Kier alpha value is -2.83. The summed E-state index contributed by atoms with van der Waals surface area (Å²) in [6.07, 6.45) is -4.21. The first kappa shape index (κ1) is 17.0. The minimum Gasteiger partial charge on any atom is -0.342 e. The van der Waals surface area contributed by atoms with E-state index < -0.39 is 18.6 Å². The van der Waals surface area contributed by atoms with Crippen LogP contribution in [0.4, 0.5) is 18.9 Å². The van der Waals surface area contributed by atoms with Gasteiger partial charge in [0, 0.05) is 6.42 Å². The SMILES string of the molecule is O=C(NCC(F)(F)F)C1=NN(c2ccccc2)[C@@H](c2ccccc2)C1. The number of nitrogens with zero attached hydrogens (tertiary/aromatic N) is 2. The molecule has 0 aromatic heterocycles. The second kappa shape index (κ2) is 6.96. The number of amides is 1. The van der Waals surface area contributed by atoms with Crippen molar-refractivity contribution in [2.24, 2.45) is 5.10 Å². The Labute approximate surface area is 143 Å². The Morgan fingerprint density at radius 3 is 2.28 bits per heavy atom. The molecule has 0 spiro atoms. The fraction of sp³-hybridized carbons (Fsp3) is 0.222. The summed E-state index contributed by atoms with van der Waals surface area (Å²) in [7, 11) is 0. The summed E-state index contributed by atoms with van der Waals surface area (Å²) < 4.78 is 37.0. The number of anilines is 1. The molecule has 1 N–H and O–H groups in total. The third-order valence-electron chi connectivity index (χ3n) is 3.83. The summed E-state index contributed by atoms with van der Waals surface area (Å²) in [5.74, 6) is -0.795. The average molecular weight is 347 g/mol. The second-order valence-corrected chi connectivity index (χ2v) is 5.66. The normalized spacial score (nSPS) is 17.3. The maximum Gasteiger partial charge on any atom is 0.405 e. The van der Waals surface area contributed by atoms with Crippen molar-refractivity contribution in [2.45, 2.75) is 18.6 Å². The molecule has 1 atom stereocenters. The highest BCUT2D eigenvalue weighted by molar-refractivity contribution is 6.39. The van der Waals surface area contributed by atoms with E-state index in [-0.39, 0.29) is 18.2 Å². The predicted molar refractivity (Wildman–Crippen MR) is 89.2 cm³/mol. The lowest BCUT2D eigenvalue weighted by Gasteiger charge is -2.23. The minimum atomic E-state index is -4.45. The van der Waals surface area contributed by atoms with Gasteiger partial charge in [0.05, 0.1) is 11.7 Å². The molecule has 2 aromatic rings. The Kier molecular flexibility index (Phi) is 4.74. The predicted octanol–water partition coefficient (Wildman–Crippen LogP) is 3.67. The van der Waals surface area contributed by atoms with Crippen molar-refractivity contribution in [1.82, 2.24) is 5.32 Å². The van der Waals surface area contributed by atoms with Gasteiger partial charge in [-0.2, -0.15) is 18.3 Å². The Balaban J connectivity index is 1.85. The number of para-hydroxylation sites is 1. The zero-order valence-corrected chi connectivity index (χ0v) is 13.2. The number of nitrogens with one attached hydrogen (secondary N) is 1. The van der Waals surface area contributed by atoms with Crippen molar-refractivity contribution in [3.63, 3.8) is 0 Å². The molecule has 0 unspecified atom stereocenters. The highest BCUT2D eigenvalue weighted by Crippen LogP contribution is 2.35. The van der Waals surface area contributed by atoms with Gasteiger partial charge in [-0.25, -0.2) is 0 Å². The van der Waals surface area contributed by atoms with E-state index in [9.17, 15) is 18.0 Å². The first-order valence-electron chi connectivity index (χ1n) is 7.76. The lowest BCUT2D eigenvalue weighted by atomic mass is 10.0. The molecular weight excluding hydrogens is 331 g/mol. The zero-order valence-electron chi connectivity index (χ0n) is 13.2. The number of hydrogen-bond acceptors (Lipinski definition) is 3. The fourth-order valence-electron chi connectivity index (χ4n) is 2.68. The molecule has 0 aliphatic carbocycles.